The van der Waals surface area contributed by atoms with Crippen LogP contribution < -0.4 is 5.73 Å². The van der Waals surface area contributed by atoms with E-state index in [1.807, 2.05) is 37.3 Å². The maximum absolute atomic E-state index is 5.98. The summed E-state index contributed by atoms with van der Waals surface area (Å²) < 4.78 is 10.7. The average molecular weight is 275 g/mol. The van der Waals surface area contributed by atoms with E-state index in [4.69, 9.17) is 15.0 Å². The molecule has 2 atom stereocenters. The fraction of sp³-hybridized carbons (Fsp3) is 0.467. The van der Waals surface area contributed by atoms with E-state index >= 15 is 0 Å². The molecule has 0 saturated heterocycles. The Morgan fingerprint density at radius 1 is 1.30 bits per heavy atom. The third-order valence-electron chi connectivity index (χ3n) is 3.10. The molecular formula is C15H21N3O2. The Kier molecular flexibility index (Phi) is 5.26. The van der Waals surface area contributed by atoms with Gasteiger partial charge in [0.25, 0.3) is 0 Å². The van der Waals surface area contributed by atoms with Gasteiger partial charge in [-0.15, -0.1) is 0 Å². The molecule has 0 bridgehead atoms. The zero-order chi connectivity index (χ0) is 14.4. The highest BCUT2D eigenvalue weighted by molar-refractivity contribution is 5.23. The monoisotopic (exact) mass is 275 g/mol. The number of aromatic nitrogens is 2. The lowest BCUT2D eigenvalue weighted by molar-refractivity contribution is 0.119. The number of ether oxygens (including phenoxy) is 1. The summed E-state index contributed by atoms with van der Waals surface area (Å²) in [6.07, 6.45) is 0.968. The summed E-state index contributed by atoms with van der Waals surface area (Å²) in [5, 5.41) is 3.95. The summed E-state index contributed by atoms with van der Waals surface area (Å²) in [5.74, 6) is 1.14. The molecule has 0 aliphatic heterocycles. The molecule has 1 aromatic carbocycles. The van der Waals surface area contributed by atoms with Gasteiger partial charge in [0.15, 0.2) is 5.82 Å². The van der Waals surface area contributed by atoms with Crippen molar-refractivity contribution in [2.24, 2.45) is 5.73 Å². The van der Waals surface area contributed by atoms with Gasteiger partial charge in [-0.1, -0.05) is 42.4 Å². The van der Waals surface area contributed by atoms with E-state index in [1.165, 1.54) is 0 Å². The van der Waals surface area contributed by atoms with Gasteiger partial charge in [-0.25, -0.2) is 0 Å². The predicted molar refractivity (Wildman–Crippen MR) is 76.3 cm³/mol. The van der Waals surface area contributed by atoms with Gasteiger partial charge in [-0.05, 0) is 18.9 Å². The summed E-state index contributed by atoms with van der Waals surface area (Å²) in [5.41, 5.74) is 7.12. The first-order valence-electron chi connectivity index (χ1n) is 6.94. The first-order chi connectivity index (χ1) is 9.72. The fourth-order valence-electron chi connectivity index (χ4n) is 1.89. The number of nitrogens with zero attached hydrogens (tertiary/aromatic N) is 2. The number of rotatable bonds is 7. The second kappa shape index (κ2) is 7.17. The highest BCUT2D eigenvalue weighted by Crippen LogP contribution is 2.23. The van der Waals surface area contributed by atoms with Crippen molar-refractivity contribution in [3.63, 3.8) is 0 Å². The Hall–Kier alpha value is -1.72. The van der Waals surface area contributed by atoms with Gasteiger partial charge < -0.3 is 15.0 Å². The van der Waals surface area contributed by atoms with Crippen molar-refractivity contribution < 1.29 is 9.26 Å². The molecule has 0 saturated carbocycles. The summed E-state index contributed by atoms with van der Waals surface area (Å²) >= 11 is 0. The molecule has 20 heavy (non-hydrogen) atoms. The molecule has 5 nitrogen and oxygen atoms in total. The van der Waals surface area contributed by atoms with Crippen LogP contribution in [0.3, 0.4) is 0 Å². The minimum atomic E-state index is -0.345. The van der Waals surface area contributed by atoms with E-state index in [-0.39, 0.29) is 12.0 Å². The zero-order valence-corrected chi connectivity index (χ0v) is 12.0. The van der Waals surface area contributed by atoms with Crippen molar-refractivity contribution >= 4 is 0 Å². The van der Waals surface area contributed by atoms with Gasteiger partial charge >= 0.3 is 0 Å². The predicted octanol–water partition coefficient (Wildman–Crippen LogP) is 2.65. The van der Waals surface area contributed by atoms with E-state index in [0.29, 0.717) is 24.9 Å². The number of hydrogen-bond donors (Lipinski definition) is 1. The van der Waals surface area contributed by atoms with E-state index in [1.54, 1.807) is 0 Å². The number of benzene rings is 1. The first kappa shape index (κ1) is 14.7. The van der Waals surface area contributed by atoms with Gasteiger partial charge in [-0.3, -0.25) is 0 Å². The highest BCUT2D eigenvalue weighted by Gasteiger charge is 2.19. The molecule has 1 aromatic heterocycles. The van der Waals surface area contributed by atoms with Crippen molar-refractivity contribution in [3.8, 4) is 0 Å². The quantitative estimate of drug-likeness (QED) is 0.786. The van der Waals surface area contributed by atoms with Crippen molar-refractivity contribution in [3.05, 3.63) is 47.6 Å². The smallest absolute Gasteiger partial charge is 0.233 e. The van der Waals surface area contributed by atoms with Crippen LogP contribution in [0, 0.1) is 0 Å². The fourth-order valence-corrected chi connectivity index (χ4v) is 1.89. The number of hydrogen-bond acceptors (Lipinski definition) is 5. The normalized spacial score (nSPS) is 14.2. The van der Waals surface area contributed by atoms with Crippen LogP contribution in [0.1, 0.15) is 49.5 Å². The Balaban J connectivity index is 2.01. The van der Waals surface area contributed by atoms with Gasteiger partial charge in [-0.2, -0.15) is 4.98 Å². The molecule has 2 rings (SSSR count). The maximum atomic E-state index is 5.98. The molecule has 0 spiro atoms. The van der Waals surface area contributed by atoms with Crippen LogP contribution >= 0.6 is 0 Å². The lowest BCUT2D eigenvalue weighted by Crippen LogP contribution is -2.19. The standard InChI is InChI=1S/C15H21N3O2/c1-3-9-19-10-13(16)14-17-15(20-18-14)11(2)12-7-5-4-6-8-12/h4-8,11,13H,3,9-10,16H2,1-2H3. The Labute approximate surface area is 119 Å². The van der Waals surface area contributed by atoms with Crippen LogP contribution in [0.2, 0.25) is 0 Å². The topological polar surface area (TPSA) is 74.2 Å². The highest BCUT2D eigenvalue weighted by atomic mass is 16.5. The summed E-state index contributed by atoms with van der Waals surface area (Å²) in [6.45, 7) is 5.19. The molecule has 2 N–H and O–H groups in total. The third-order valence-corrected chi connectivity index (χ3v) is 3.10. The minimum absolute atomic E-state index is 0.0567. The van der Waals surface area contributed by atoms with Crippen LogP contribution in [0.25, 0.3) is 0 Å². The van der Waals surface area contributed by atoms with E-state index in [0.717, 1.165) is 12.0 Å². The molecule has 0 radical (unpaired) electrons. The lowest BCUT2D eigenvalue weighted by Gasteiger charge is -2.07. The molecule has 2 unspecified atom stereocenters. The zero-order valence-electron chi connectivity index (χ0n) is 12.0. The molecule has 0 aliphatic rings. The Morgan fingerprint density at radius 3 is 2.75 bits per heavy atom. The Morgan fingerprint density at radius 2 is 2.05 bits per heavy atom. The molecule has 5 heteroatoms. The molecular weight excluding hydrogens is 254 g/mol. The van der Waals surface area contributed by atoms with Crippen LogP contribution in [0.5, 0.6) is 0 Å². The average Bonchev–Trinajstić information content (AvgIpc) is 2.97. The molecule has 0 amide bonds. The van der Waals surface area contributed by atoms with Crippen LogP contribution in [0.4, 0.5) is 0 Å². The second-order valence-electron chi connectivity index (χ2n) is 4.80. The maximum Gasteiger partial charge on any atom is 0.233 e. The lowest BCUT2D eigenvalue weighted by atomic mass is 10.0. The Bertz CT molecular complexity index is 513. The van der Waals surface area contributed by atoms with E-state index in [9.17, 15) is 0 Å². The first-order valence-corrected chi connectivity index (χ1v) is 6.94. The molecule has 0 fully saturated rings. The van der Waals surface area contributed by atoms with Gasteiger partial charge in [0, 0.05) is 6.61 Å². The van der Waals surface area contributed by atoms with Crippen molar-refractivity contribution in [1.82, 2.24) is 10.1 Å². The minimum Gasteiger partial charge on any atom is -0.379 e. The van der Waals surface area contributed by atoms with Gasteiger partial charge in [0.1, 0.15) is 0 Å². The third kappa shape index (κ3) is 3.65. The van der Waals surface area contributed by atoms with Gasteiger partial charge in [0.2, 0.25) is 5.89 Å². The summed E-state index contributed by atoms with van der Waals surface area (Å²) in [7, 11) is 0. The van der Waals surface area contributed by atoms with Crippen LogP contribution in [-0.2, 0) is 4.74 Å². The van der Waals surface area contributed by atoms with Crippen molar-refractivity contribution in [1.29, 1.82) is 0 Å². The largest absolute Gasteiger partial charge is 0.379 e. The molecule has 1 heterocycles. The van der Waals surface area contributed by atoms with Crippen molar-refractivity contribution in [2.75, 3.05) is 13.2 Å². The molecule has 0 aliphatic carbocycles. The number of nitrogens with two attached hydrogens (primary N) is 1. The second-order valence-corrected chi connectivity index (χ2v) is 4.80. The van der Waals surface area contributed by atoms with Crippen LogP contribution in [0.15, 0.2) is 34.9 Å². The molecule has 108 valence electrons. The van der Waals surface area contributed by atoms with E-state index in [2.05, 4.69) is 17.1 Å². The van der Waals surface area contributed by atoms with E-state index < -0.39 is 0 Å². The van der Waals surface area contributed by atoms with Gasteiger partial charge in [0.05, 0.1) is 18.6 Å². The van der Waals surface area contributed by atoms with Crippen molar-refractivity contribution in [2.45, 2.75) is 32.2 Å². The molecule has 2 aromatic rings. The summed E-state index contributed by atoms with van der Waals surface area (Å²) in [4.78, 5) is 4.38. The summed E-state index contributed by atoms with van der Waals surface area (Å²) in [6, 6.07) is 9.71. The SMILES string of the molecule is CCCOCC(N)c1noc(C(C)c2ccccc2)n1. The van der Waals surface area contributed by atoms with Crippen LogP contribution in [-0.4, -0.2) is 23.4 Å².